The van der Waals surface area contributed by atoms with Gasteiger partial charge in [0.05, 0.1) is 17.5 Å². The van der Waals surface area contributed by atoms with E-state index in [2.05, 4.69) is 6.58 Å². The molecule has 38 heavy (non-hydrogen) atoms. The van der Waals surface area contributed by atoms with Crippen LogP contribution in [-0.2, 0) is 19.2 Å². The molecule has 0 radical (unpaired) electrons. The molecule has 6 nitrogen and oxygen atoms in total. The molecule has 2 amide bonds. The molecule has 6 heteroatoms. The van der Waals surface area contributed by atoms with E-state index in [0.717, 1.165) is 11.1 Å². The molecule has 2 aromatic carbocycles. The number of imide groups is 1. The number of ketones is 2. The summed E-state index contributed by atoms with van der Waals surface area (Å²) in [6.45, 7) is 7.16. The number of phenolic OH excluding ortho intramolecular Hbond substituents is 1. The first-order chi connectivity index (χ1) is 18.2. The highest BCUT2D eigenvalue weighted by atomic mass is 16.3. The minimum atomic E-state index is -0.658. The Labute approximate surface area is 220 Å². The van der Waals surface area contributed by atoms with Gasteiger partial charge in [-0.15, -0.1) is 0 Å². The first-order valence-electron chi connectivity index (χ1n) is 12.8. The summed E-state index contributed by atoms with van der Waals surface area (Å²) in [5.74, 6) is -3.23. The van der Waals surface area contributed by atoms with E-state index in [0.29, 0.717) is 40.0 Å². The molecule has 0 unspecified atom stereocenters. The lowest BCUT2D eigenvalue weighted by Crippen LogP contribution is -2.39. The van der Waals surface area contributed by atoms with Gasteiger partial charge in [-0.1, -0.05) is 54.6 Å². The minimum Gasteiger partial charge on any atom is -0.507 e. The third-order valence-electron chi connectivity index (χ3n) is 8.53. The monoisotopic (exact) mass is 505 g/mol. The maximum atomic E-state index is 13.9. The van der Waals surface area contributed by atoms with Crippen molar-refractivity contribution in [1.29, 1.82) is 0 Å². The smallest absolute Gasteiger partial charge is 0.238 e. The molecule has 190 valence electrons. The highest BCUT2D eigenvalue weighted by molar-refractivity contribution is 6.25. The van der Waals surface area contributed by atoms with Gasteiger partial charge >= 0.3 is 0 Å². The third-order valence-corrected chi connectivity index (χ3v) is 8.53. The summed E-state index contributed by atoms with van der Waals surface area (Å²) in [7, 11) is 0. The van der Waals surface area contributed by atoms with Crippen LogP contribution in [0.3, 0.4) is 0 Å². The van der Waals surface area contributed by atoms with Crippen LogP contribution in [0.4, 0.5) is 5.69 Å². The maximum absolute atomic E-state index is 13.9. The Morgan fingerprint density at radius 1 is 0.974 bits per heavy atom. The molecular formula is C32H27NO5. The predicted molar refractivity (Wildman–Crippen MR) is 143 cm³/mol. The summed E-state index contributed by atoms with van der Waals surface area (Å²) < 4.78 is 0. The summed E-state index contributed by atoms with van der Waals surface area (Å²) in [6.07, 6.45) is 5.59. The number of carbonyl (C=O) groups excluding carboxylic acids is 4. The van der Waals surface area contributed by atoms with Gasteiger partial charge in [0.2, 0.25) is 11.8 Å². The second-order valence-electron chi connectivity index (χ2n) is 10.5. The van der Waals surface area contributed by atoms with Crippen LogP contribution in [0, 0.1) is 24.7 Å². The molecule has 0 bridgehead atoms. The molecule has 2 aromatic rings. The Kier molecular flexibility index (Phi) is 5.45. The Balaban J connectivity index is 1.49. The van der Waals surface area contributed by atoms with Crippen molar-refractivity contribution in [3.8, 4) is 5.75 Å². The summed E-state index contributed by atoms with van der Waals surface area (Å²) in [6, 6.07) is 12.5. The number of aryl methyl sites for hydroxylation is 1. The number of benzene rings is 2. The minimum absolute atomic E-state index is 0.0670. The normalized spacial score (nSPS) is 26.5. The first-order valence-corrected chi connectivity index (χ1v) is 12.8. The lowest BCUT2D eigenvalue weighted by molar-refractivity contribution is -0.123. The number of anilines is 1. The zero-order valence-corrected chi connectivity index (χ0v) is 21.2. The van der Waals surface area contributed by atoms with E-state index in [9.17, 15) is 24.3 Å². The van der Waals surface area contributed by atoms with Crippen molar-refractivity contribution in [2.45, 2.75) is 32.6 Å². The van der Waals surface area contributed by atoms with Crippen molar-refractivity contribution in [3.05, 3.63) is 100 Å². The molecule has 3 aliphatic carbocycles. The highest BCUT2D eigenvalue weighted by Gasteiger charge is 2.56. The van der Waals surface area contributed by atoms with Crippen molar-refractivity contribution >= 4 is 35.1 Å². The average Bonchev–Trinajstić information content (AvgIpc) is 3.17. The number of rotatable bonds is 3. The maximum Gasteiger partial charge on any atom is 0.238 e. The van der Waals surface area contributed by atoms with E-state index in [-0.39, 0.29) is 35.6 Å². The van der Waals surface area contributed by atoms with Crippen LogP contribution < -0.4 is 4.90 Å². The summed E-state index contributed by atoms with van der Waals surface area (Å²) in [4.78, 5) is 55.4. The first kappa shape index (κ1) is 24.0. The molecule has 1 heterocycles. The fraction of sp³-hybridized carbons (Fsp3) is 0.250. The van der Waals surface area contributed by atoms with Crippen molar-refractivity contribution in [3.63, 3.8) is 0 Å². The van der Waals surface area contributed by atoms with Crippen LogP contribution in [0.1, 0.15) is 42.4 Å². The number of allylic oxidation sites excluding steroid dienone is 6. The fourth-order valence-electron chi connectivity index (χ4n) is 6.67. The van der Waals surface area contributed by atoms with E-state index in [1.807, 2.05) is 24.3 Å². The number of fused-ring (bicyclic) bond motifs is 3. The average molecular weight is 506 g/mol. The highest BCUT2D eigenvalue weighted by Crippen LogP contribution is 2.56. The van der Waals surface area contributed by atoms with Gasteiger partial charge in [0.25, 0.3) is 0 Å². The Bertz CT molecular complexity index is 1550. The Morgan fingerprint density at radius 2 is 1.71 bits per heavy atom. The number of aromatic hydroxyl groups is 1. The van der Waals surface area contributed by atoms with Crippen LogP contribution in [0.2, 0.25) is 0 Å². The van der Waals surface area contributed by atoms with Gasteiger partial charge < -0.3 is 5.11 Å². The van der Waals surface area contributed by atoms with Crippen LogP contribution in [0.5, 0.6) is 5.75 Å². The number of Topliss-reactive ketones (excluding diaryl/α,β-unsaturated/α-hetero) is 1. The lowest BCUT2D eigenvalue weighted by Gasteiger charge is -2.42. The molecule has 0 aromatic heterocycles. The van der Waals surface area contributed by atoms with Gasteiger partial charge in [-0.25, -0.2) is 0 Å². The molecule has 0 saturated carbocycles. The Hall–Kier alpha value is -4.32. The van der Waals surface area contributed by atoms with E-state index >= 15 is 0 Å². The second-order valence-corrected chi connectivity index (χ2v) is 10.5. The van der Waals surface area contributed by atoms with Crippen molar-refractivity contribution in [1.82, 2.24) is 0 Å². The van der Waals surface area contributed by atoms with Gasteiger partial charge in [0.1, 0.15) is 5.75 Å². The van der Waals surface area contributed by atoms with Gasteiger partial charge in [0, 0.05) is 28.2 Å². The topological polar surface area (TPSA) is 91.8 Å². The molecule has 0 spiro atoms. The number of amides is 2. The van der Waals surface area contributed by atoms with Gasteiger partial charge in [-0.05, 0) is 61.9 Å². The van der Waals surface area contributed by atoms with E-state index in [1.165, 1.54) is 11.0 Å². The van der Waals surface area contributed by atoms with Gasteiger partial charge in [-0.3, -0.25) is 24.1 Å². The van der Waals surface area contributed by atoms with Crippen LogP contribution in [0.25, 0.3) is 6.08 Å². The van der Waals surface area contributed by atoms with Gasteiger partial charge in [0.15, 0.2) is 11.6 Å². The number of nitrogens with zero attached hydrogens (tertiary/aromatic N) is 1. The SMILES string of the molecule is C=Cc1ccc(N2C(=O)[C@H]3[C@H](CC=C4[C@H](c5cccc(C)c5O)C5=C(C[C@H]43)C(=O)C(C)=CC5=O)C2=O)cc1. The molecule has 1 saturated heterocycles. The largest absolute Gasteiger partial charge is 0.507 e. The molecule has 6 rings (SSSR count). The van der Waals surface area contributed by atoms with Crippen LogP contribution in [-0.4, -0.2) is 28.5 Å². The summed E-state index contributed by atoms with van der Waals surface area (Å²) in [5, 5.41) is 11.1. The number of hydrogen-bond donors (Lipinski definition) is 1. The number of hydrogen-bond acceptors (Lipinski definition) is 5. The zero-order chi connectivity index (χ0) is 26.9. The molecule has 1 aliphatic heterocycles. The summed E-state index contributed by atoms with van der Waals surface area (Å²) in [5.41, 5.74) is 4.52. The quantitative estimate of drug-likeness (QED) is 0.361. The van der Waals surface area contributed by atoms with Crippen LogP contribution >= 0.6 is 0 Å². The van der Waals surface area contributed by atoms with Crippen LogP contribution in [0.15, 0.2) is 83.5 Å². The number of para-hydroxylation sites is 1. The molecular weight excluding hydrogens is 478 g/mol. The number of carbonyl (C=O) groups is 4. The van der Waals surface area contributed by atoms with E-state index < -0.39 is 23.7 Å². The molecule has 4 atom stereocenters. The fourth-order valence-corrected chi connectivity index (χ4v) is 6.67. The molecule has 1 N–H and O–H groups in total. The van der Waals surface area contributed by atoms with E-state index in [4.69, 9.17) is 0 Å². The van der Waals surface area contributed by atoms with E-state index in [1.54, 1.807) is 44.2 Å². The Morgan fingerprint density at radius 3 is 2.42 bits per heavy atom. The summed E-state index contributed by atoms with van der Waals surface area (Å²) >= 11 is 0. The molecule has 1 fully saturated rings. The van der Waals surface area contributed by atoms with Crippen molar-refractivity contribution < 1.29 is 24.3 Å². The lowest BCUT2D eigenvalue weighted by atomic mass is 9.59. The van der Waals surface area contributed by atoms with Crippen molar-refractivity contribution in [2.75, 3.05) is 4.90 Å². The standard InChI is InChI=1S/C32H27NO5/c1-4-18-8-10-19(11-9-18)33-31(37)22-13-12-20-23(27(22)32(33)38)15-24-28(25(34)14-17(3)30(24)36)26(20)21-7-5-6-16(2)29(21)35/h4-12,14,22-23,26-27,35H,1,13,15H2,2-3H3/t22-,23+,26+,27-/m0/s1. The third kappa shape index (κ3) is 3.33. The van der Waals surface area contributed by atoms with Crippen molar-refractivity contribution in [2.24, 2.45) is 17.8 Å². The number of phenols is 1. The zero-order valence-electron chi connectivity index (χ0n) is 21.2. The predicted octanol–water partition coefficient (Wildman–Crippen LogP) is 4.98. The molecule has 4 aliphatic rings. The second kappa shape index (κ2) is 8.62. The van der Waals surface area contributed by atoms with Gasteiger partial charge in [-0.2, -0.15) is 0 Å².